The second-order valence-electron chi connectivity index (χ2n) is 5.27. The molecule has 1 N–H and O–H groups in total. The van der Waals surface area contributed by atoms with E-state index >= 15 is 0 Å². The van der Waals surface area contributed by atoms with Gasteiger partial charge in [-0.25, -0.2) is 0 Å². The Morgan fingerprint density at radius 2 is 1.67 bits per heavy atom. The zero-order chi connectivity index (χ0) is 14.1. The first-order valence-electron chi connectivity index (χ1n) is 6.91. The minimum atomic E-state index is 0. The summed E-state index contributed by atoms with van der Waals surface area (Å²) >= 11 is 12.2. The van der Waals surface area contributed by atoms with Crippen LogP contribution in [0.5, 0.6) is 0 Å². The van der Waals surface area contributed by atoms with Crippen molar-refractivity contribution in [1.82, 2.24) is 5.32 Å². The number of benzene rings is 2. The van der Waals surface area contributed by atoms with Gasteiger partial charge in [-0.05, 0) is 48.7 Å². The maximum absolute atomic E-state index is 6.17. The van der Waals surface area contributed by atoms with Crippen molar-refractivity contribution in [2.75, 3.05) is 7.05 Å². The Bertz CT molecular complexity index is 630. The molecule has 0 unspecified atom stereocenters. The zero-order valence-corrected chi connectivity index (χ0v) is 15.6. The van der Waals surface area contributed by atoms with Crippen molar-refractivity contribution < 1.29 is 0 Å². The normalized spacial score (nSPS) is 20.5. The molecular weight excluding hydrogens is 416 g/mol. The van der Waals surface area contributed by atoms with Crippen LogP contribution in [0.4, 0.5) is 0 Å². The number of halogens is 3. The predicted octanol–water partition coefficient (Wildman–Crippen LogP) is 5.80. The summed E-state index contributed by atoms with van der Waals surface area (Å²) in [5, 5.41) is 4.66. The summed E-state index contributed by atoms with van der Waals surface area (Å²) in [4.78, 5) is 0. The summed E-state index contributed by atoms with van der Waals surface area (Å²) in [5.74, 6) is 0.408. The van der Waals surface area contributed by atoms with E-state index in [9.17, 15) is 0 Å². The minimum Gasteiger partial charge on any atom is -0.313 e. The predicted molar refractivity (Wildman–Crippen MR) is 101 cm³/mol. The standard InChI is InChI=1S/C17H17Cl2N.HI/c1-20-17-9-7-12(13-4-2-3-5-14(13)17)11-6-8-15(18)16(19)10-11;/h2-6,8,10,12,17,20H,7,9H2,1H3;1H/t12-,17-;/m0./s1. The van der Waals surface area contributed by atoms with Gasteiger partial charge < -0.3 is 5.32 Å². The molecule has 0 bridgehead atoms. The number of hydrogen-bond acceptors (Lipinski definition) is 1. The van der Waals surface area contributed by atoms with Gasteiger partial charge in [0.15, 0.2) is 0 Å². The topological polar surface area (TPSA) is 12.0 Å². The molecule has 0 saturated carbocycles. The molecule has 0 amide bonds. The van der Waals surface area contributed by atoms with Gasteiger partial charge in [-0.3, -0.25) is 0 Å². The first-order valence-corrected chi connectivity index (χ1v) is 7.67. The third-order valence-electron chi connectivity index (χ3n) is 4.19. The van der Waals surface area contributed by atoms with Crippen LogP contribution in [0, 0.1) is 0 Å². The van der Waals surface area contributed by atoms with Gasteiger partial charge in [0.05, 0.1) is 10.0 Å². The molecule has 0 aliphatic heterocycles. The molecule has 0 heterocycles. The van der Waals surface area contributed by atoms with Gasteiger partial charge in [0.25, 0.3) is 0 Å². The Morgan fingerprint density at radius 3 is 2.33 bits per heavy atom. The molecule has 2 aromatic carbocycles. The second kappa shape index (κ2) is 7.32. The molecule has 0 aromatic heterocycles. The van der Waals surface area contributed by atoms with Crippen LogP contribution < -0.4 is 5.32 Å². The highest BCUT2D eigenvalue weighted by Crippen LogP contribution is 2.42. The van der Waals surface area contributed by atoms with Crippen molar-refractivity contribution in [2.24, 2.45) is 0 Å². The van der Waals surface area contributed by atoms with Gasteiger partial charge in [-0.2, -0.15) is 0 Å². The lowest BCUT2D eigenvalue weighted by molar-refractivity contribution is 0.471. The van der Waals surface area contributed by atoms with E-state index in [1.165, 1.54) is 16.7 Å². The molecular formula is C17H18Cl2IN. The number of hydrogen-bond donors (Lipinski definition) is 1. The Kier molecular flexibility index (Phi) is 5.95. The lowest BCUT2D eigenvalue weighted by Crippen LogP contribution is -2.24. The van der Waals surface area contributed by atoms with Gasteiger partial charge in [0.2, 0.25) is 0 Å². The highest BCUT2D eigenvalue weighted by molar-refractivity contribution is 14.0. The average Bonchev–Trinajstić information content (AvgIpc) is 2.49. The van der Waals surface area contributed by atoms with E-state index in [2.05, 4.69) is 35.6 Å². The lowest BCUT2D eigenvalue weighted by Gasteiger charge is -2.32. The quantitative estimate of drug-likeness (QED) is 0.590. The molecule has 2 aromatic rings. The van der Waals surface area contributed by atoms with Gasteiger partial charge in [-0.15, -0.1) is 24.0 Å². The van der Waals surface area contributed by atoms with Crippen LogP contribution in [0.2, 0.25) is 10.0 Å². The third kappa shape index (κ3) is 3.39. The minimum absolute atomic E-state index is 0. The molecule has 0 spiro atoms. The van der Waals surface area contributed by atoms with Crippen molar-refractivity contribution in [3.8, 4) is 0 Å². The van der Waals surface area contributed by atoms with E-state index < -0.39 is 0 Å². The van der Waals surface area contributed by atoms with E-state index in [4.69, 9.17) is 23.2 Å². The van der Waals surface area contributed by atoms with E-state index in [1.54, 1.807) is 0 Å². The maximum Gasteiger partial charge on any atom is 0.0595 e. The fourth-order valence-electron chi connectivity index (χ4n) is 3.17. The van der Waals surface area contributed by atoms with E-state index in [0.717, 1.165) is 12.8 Å². The van der Waals surface area contributed by atoms with Crippen LogP contribution in [-0.4, -0.2) is 7.05 Å². The summed E-state index contributed by atoms with van der Waals surface area (Å²) < 4.78 is 0. The van der Waals surface area contributed by atoms with Crippen molar-refractivity contribution in [1.29, 1.82) is 0 Å². The molecule has 1 aliphatic rings. The summed E-state index contributed by atoms with van der Waals surface area (Å²) in [6, 6.07) is 15.1. The number of nitrogens with one attached hydrogen (secondary N) is 1. The first-order chi connectivity index (χ1) is 9.70. The third-order valence-corrected chi connectivity index (χ3v) is 4.92. The van der Waals surface area contributed by atoms with Gasteiger partial charge >= 0.3 is 0 Å². The fraction of sp³-hybridized carbons (Fsp3) is 0.294. The van der Waals surface area contributed by atoms with E-state index in [0.29, 0.717) is 22.0 Å². The van der Waals surface area contributed by atoms with Crippen molar-refractivity contribution in [2.45, 2.75) is 24.8 Å². The van der Waals surface area contributed by atoms with Gasteiger partial charge in [0.1, 0.15) is 0 Å². The monoisotopic (exact) mass is 433 g/mol. The van der Waals surface area contributed by atoms with Gasteiger partial charge in [-0.1, -0.05) is 53.5 Å². The summed E-state index contributed by atoms with van der Waals surface area (Å²) in [6.45, 7) is 0. The number of rotatable bonds is 2. The van der Waals surface area contributed by atoms with E-state index in [1.807, 2.05) is 19.2 Å². The Balaban J connectivity index is 0.00000161. The van der Waals surface area contributed by atoms with Crippen molar-refractivity contribution in [3.63, 3.8) is 0 Å². The van der Waals surface area contributed by atoms with Gasteiger partial charge in [0, 0.05) is 12.0 Å². The second-order valence-corrected chi connectivity index (χ2v) is 6.09. The van der Waals surface area contributed by atoms with Crippen LogP contribution in [-0.2, 0) is 0 Å². The van der Waals surface area contributed by atoms with E-state index in [-0.39, 0.29) is 24.0 Å². The van der Waals surface area contributed by atoms with Crippen LogP contribution in [0.15, 0.2) is 42.5 Å². The molecule has 112 valence electrons. The lowest BCUT2D eigenvalue weighted by atomic mass is 9.77. The Hall–Kier alpha value is -0.290. The highest BCUT2D eigenvalue weighted by atomic mass is 127. The molecule has 21 heavy (non-hydrogen) atoms. The zero-order valence-electron chi connectivity index (χ0n) is 11.8. The van der Waals surface area contributed by atoms with Crippen LogP contribution >= 0.6 is 47.2 Å². The highest BCUT2D eigenvalue weighted by Gasteiger charge is 2.27. The molecule has 0 saturated heterocycles. The summed E-state index contributed by atoms with van der Waals surface area (Å²) in [6.07, 6.45) is 2.26. The maximum atomic E-state index is 6.17. The molecule has 0 fully saturated rings. The first kappa shape index (κ1) is 17.1. The van der Waals surface area contributed by atoms with Crippen LogP contribution in [0.3, 0.4) is 0 Å². The Labute approximate surface area is 153 Å². The molecule has 2 atom stereocenters. The summed E-state index contributed by atoms with van der Waals surface area (Å²) in [5.41, 5.74) is 4.05. The average molecular weight is 434 g/mol. The SMILES string of the molecule is CN[C@H]1CC[C@@H](c2ccc(Cl)c(Cl)c2)c2ccccc21.I. The van der Waals surface area contributed by atoms with Crippen molar-refractivity contribution >= 4 is 47.2 Å². The summed E-state index contributed by atoms with van der Waals surface area (Å²) in [7, 11) is 2.03. The number of fused-ring (bicyclic) bond motifs is 1. The van der Waals surface area contributed by atoms with Crippen LogP contribution in [0.1, 0.15) is 41.5 Å². The van der Waals surface area contributed by atoms with Crippen molar-refractivity contribution in [3.05, 3.63) is 69.2 Å². The van der Waals surface area contributed by atoms with Crippen LogP contribution in [0.25, 0.3) is 0 Å². The molecule has 1 nitrogen and oxygen atoms in total. The fourth-order valence-corrected chi connectivity index (χ4v) is 3.47. The largest absolute Gasteiger partial charge is 0.313 e. The Morgan fingerprint density at radius 1 is 0.952 bits per heavy atom. The molecule has 4 heteroatoms. The smallest absolute Gasteiger partial charge is 0.0595 e. The molecule has 1 aliphatic carbocycles. The molecule has 3 rings (SSSR count). The molecule has 0 radical (unpaired) electrons.